The highest BCUT2D eigenvalue weighted by atomic mass is 16.6. The number of ether oxygens (including phenoxy) is 4. The third kappa shape index (κ3) is 19.7. The van der Waals surface area contributed by atoms with Gasteiger partial charge in [-0.25, -0.2) is 9.59 Å². The summed E-state index contributed by atoms with van der Waals surface area (Å²) in [5.74, 6) is -0.799. The van der Waals surface area contributed by atoms with Crippen LogP contribution in [0.1, 0.15) is 47.2 Å². The molecule has 0 spiro atoms. The molecule has 16 heteroatoms. The highest BCUT2D eigenvalue weighted by Crippen LogP contribution is 2.19. The Morgan fingerprint density at radius 2 is 0.812 bits per heavy atom. The molecule has 0 aliphatic rings. The molecule has 346 valence electrons. The Bertz CT molecular complexity index is 2000. The van der Waals surface area contributed by atoms with Crippen LogP contribution in [0.4, 0.5) is 21.0 Å². The molecule has 0 aromatic heterocycles. The first-order valence-corrected chi connectivity index (χ1v) is 21.3. The summed E-state index contributed by atoms with van der Waals surface area (Å²) >= 11 is 0. The number of nitrogens with zero attached hydrogens (tertiary/aromatic N) is 2. The van der Waals surface area contributed by atoms with Gasteiger partial charge in [0.1, 0.15) is 25.4 Å². The molecule has 0 unspecified atom stereocenters. The maximum atomic E-state index is 12.7. The average molecular weight is 887 g/mol. The topological polar surface area (TPSA) is 217 Å². The van der Waals surface area contributed by atoms with Gasteiger partial charge in [-0.15, -0.1) is 0 Å². The smallest absolute Gasteiger partial charge is 0.412 e. The van der Waals surface area contributed by atoms with E-state index in [0.29, 0.717) is 63.5 Å². The molecule has 0 saturated heterocycles. The lowest BCUT2D eigenvalue weighted by molar-refractivity contribution is -0.149. The van der Waals surface area contributed by atoms with Crippen LogP contribution < -0.4 is 10.6 Å². The summed E-state index contributed by atoms with van der Waals surface area (Å²) in [6.07, 6.45) is 0.183. The van der Waals surface area contributed by atoms with E-state index in [2.05, 4.69) is 10.6 Å². The maximum absolute atomic E-state index is 12.7. The van der Waals surface area contributed by atoms with Crippen LogP contribution in [0, 0.1) is 0 Å². The predicted octanol–water partition coefficient (Wildman–Crippen LogP) is 4.19. The highest BCUT2D eigenvalue weighted by Gasteiger charge is 2.25. The summed E-state index contributed by atoms with van der Waals surface area (Å²) in [5.41, 5.74) is 5.73. The van der Waals surface area contributed by atoms with Crippen molar-refractivity contribution in [1.29, 1.82) is 0 Å². The van der Waals surface area contributed by atoms with E-state index in [0.717, 1.165) is 33.4 Å². The summed E-state index contributed by atoms with van der Waals surface area (Å²) < 4.78 is 21.6. The second-order valence-corrected chi connectivity index (χ2v) is 15.7. The molecule has 0 bridgehead atoms. The second-order valence-electron chi connectivity index (χ2n) is 15.7. The summed E-state index contributed by atoms with van der Waals surface area (Å²) in [7, 11) is 0. The monoisotopic (exact) mass is 886 g/mol. The molecular weight excluding hydrogens is 825 g/mol. The van der Waals surface area contributed by atoms with Crippen molar-refractivity contribution < 1.29 is 58.6 Å². The van der Waals surface area contributed by atoms with Crippen molar-refractivity contribution in [3.05, 3.63) is 130 Å². The van der Waals surface area contributed by atoms with Crippen molar-refractivity contribution in [2.45, 2.75) is 45.1 Å². The van der Waals surface area contributed by atoms with Crippen LogP contribution in [0.2, 0.25) is 0 Å². The number of anilines is 2. The summed E-state index contributed by atoms with van der Waals surface area (Å²) in [6.45, 7) is 5.72. The van der Waals surface area contributed by atoms with Crippen molar-refractivity contribution in [2.24, 2.45) is 0 Å². The third-order valence-electron chi connectivity index (χ3n) is 9.89. The first-order valence-electron chi connectivity index (χ1n) is 21.3. The first-order chi connectivity index (χ1) is 30.9. The normalized spacial score (nSPS) is 11.3. The first kappa shape index (κ1) is 50.8. The number of hydrogen-bond acceptors (Lipinski definition) is 14. The molecule has 4 aromatic carbocycles. The Hall–Kier alpha value is -5.88. The van der Waals surface area contributed by atoms with Gasteiger partial charge in [0, 0.05) is 50.6 Å². The highest BCUT2D eigenvalue weighted by molar-refractivity contribution is 5.85. The summed E-state index contributed by atoms with van der Waals surface area (Å²) in [6, 6.07) is 30.0. The molecule has 0 saturated carbocycles. The van der Waals surface area contributed by atoms with Crippen molar-refractivity contribution in [3.8, 4) is 0 Å². The number of amides is 2. The van der Waals surface area contributed by atoms with Crippen molar-refractivity contribution in [2.75, 3.05) is 96.2 Å². The van der Waals surface area contributed by atoms with Crippen LogP contribution in [0.3, 0.4) is 0 Å². The van der Waals surface area contributed by atoms with Gasteiger partial charge in [0.2, 0.25) is 0 Å². The van der Waals surface area contributed by atoms with E-state index >= 15 is 0 Å². The van der Waals surface area contributed by atoms with E-state index in [1.165, 1.54) is 0 Å². The molecule has 4 aromatic rings. The largest absolute Gasteiger partial charge is 0.464 e. The van der Waals surface area contributed by atoms with Crippen LogP contribution >= 0.6 is 0 Å². The van der Waals surface area contributed by atoms with Crippen LogP contribution in [0.5, 0.6) is 0 Å². The van der Waals surface area contributed by atoms with Crippen LogP contribution in [-0.4, -0.2) is 145 Å². The molecule has 2 amide bonds. The molecule has 0 heterocycles. The van der Waals surface area contributed by atoms with Gasteiger partial charge in [-0.05, 0) is 84.3 Å². The van der Waals surface area contributed by atoms with E-state index in [1.54, 1.807) is 43.0 Å². The average Bonchev–Trinajstić information content (AvgIpc) is 3.26. The number of carbonyl (C=O) groups excluding carboxylic acids is 4. The number of rotatable bonds is 27. The van der Waals surface area contributed by atoms with Crippen LogP contribution in [0.15, 0.2) is 97.1 Å². The van der Waals surface area contributed by atoms with Gasteiger partial charge in [0.15, 0.2) is 0 Å². The minimum Gasteiger partial charge on any atom is -0.464 e. The fourth-order valence-electron chi connectivity index (χ4n) is 6.49. The standard InChI is InChI=1S/C48H62N4O12/c1-48(2,64-47(60)50-43-17-13-39(14-18-43)32-38-11-15-42(16-12-38)49-46(59)62-30-24-52(21-27-55)22-28-56)35-63-45(58)34-41-9-5-37(6-10-41)31-36-3-7-40(8-4-36)33-44(57)61-29-23-51(19-25-53)20-26-54/h3-18,53-56H,19-35H2,1-2H3,(H,49,59)(H,50,60). The van der Waals surface area contributed by atoms with E-state index in [1.807, 2.05) is 77.7 Å². The lowest BCUT2D eigenvalue weighted by atomic mass is 10.0. The minimum atomic E-state index is -1.10. The summed E-state index contributed by atoms with van der Waals surface area (Å²) in [4.78, 5) is 53.5. The number of hydrogen-bond donors (Lipinski definition) is 6. The molecule has 64 heavy (non-hydrogen) atoms. The van der Waals surface area contributed by atoms with E-state index < -0.39 is 23.8 Å². The van der Waals surface area contributed by atoms with Crippen molar-refractivity contribution in [3.63, 3.8) is 0 Å². The van der Waals surface area contributed by atoms with Gasteiger partial charge >= 0.3 is 24.1 Å². The number of aliphatic hydroxyl groups is 4. The Kier molecular flexibility index (Phi) is 21.7. The molecule has 0 radical (unpaired) electrons. The lowest BCUT2D eigenvalue weighted by Gasteiger charge is -2.24. The molecule has 16 nitrogen and oxygen atoms in total. The van der Waals surface area contributed by atoms with Gasteiger partial charge in [0.25, 0.3) is 0 Å². The Morgan fingerprint density at radius 3 is 1.22 bits per heavy atom. The maximum Gasteiger partial charge on any atom is 0.412 e. The quantitative estimate of drug-likeness (QED) is 0.0366. The molecule has 0 fully saturated rings. The summed E-state index contributed by atoms with van der Waals surface area (Å²) in [5, 5.41) is 41.8. The second kappa shape index (κ2) is 27.3. The zero-order chi connectivity index (χ0) is 46.2. The lowest BCUT2D eigenvalue weighted by Crippen LogP contribution is -2.36. The van der Waals surface area contributed by atoms with Crippen LogP contribution in [0.25, 0.3) is 0 Å². The van der Waals surface area contributed by atoms with Crippen LogP contribution in [-0.2, 0) is 54.2 Å². The number of aliphatic hydroxyl groups excluding tert-OH is 4. The SMILES string of the molecule is CC(C)(COC(=O)Cc1ccc(Cc2ccc(CC(=O)OCCN(CCO)CCO)cc2)cc1)OC(=O)Nc1ccc(Cc2ccc(NC(=O)OCCN(CCO)CCO)cc2)cc1. The Balaban J connectivity index is 1.12. The van der Waals surface area contributed by atoms with E-state index in [4.69, 9.17) is 39.4 Å². The fraction of sp³-hybridized carbons (Fsp3) is 0.417. The molecular formula is C48H62N4O12. The number of nitrogens with one attached hydrogen (secondary N) is 2. The zero-order valence-corrected chi connectivity index (χ0v) is 36.7. The molecule has 0 atom stereocenters. The Morgan fingerprint density at radius 1 is 0.469 bits per heavy atom. The Labute approximate surface area is 374 Å². The predicted molar refractivity (Wildman–Crippen MR) is 241 cm³/mol. The van der Waals surface area contributed by atoms with Gasteiger partial charge in [0.05, 0.1) is 39.3 Å². The number of esters is 2. The molecule has 6 N–H and O–H groups in total. The van der Waals surface area contributed by atoms with Gasteiger partial charge in [-0.1, -0.05) is 72.8 Å². The molecule has 0 aliphatic heterocycles. The molecule has 4 rings (SSSR count). The fourth-order valence-corrected chi connectivity index (χ4v) is 6.49. The van der Waals surface area contributed by atoms with Gasteiger partial charge in [-0.2, -0.15) is 0 Å². The van der Waals surface area contributed by atoms with E-state index in [-0.39, 0.29) is 65.1 Å². The van der Waals surface area contributed by atoms with Gasteiger partial charge < -0.3 is 39.4 Å². The van der Waals surface area contributed by atoms with Gasteiger partial charge in [-0.3, -0.25) is 30.0 Å². The minimum absolute atomic E-state index is 0.0337. The van der Waals surface area contributed by atoms with E-state index in [9.17, 15) is 19.2 Å². The number of carbonyl (C=O) groups is 4. The van der Waals surface area contributed by atoms with Crippen molar-refractivity contribution >= 4 is 35.5 Å². The van der Waals surface area contributed by atoms with Crippen molar-refractivity contribution in [1.82, 2.24) is 9.80 Å². The number of benzene rings is 4. The molecule has 0 aliphatic carbocycles. The third-order valence-corrected chi connectivity index (χ3v) is 9.89. The zero-order valence-electron chi connectivity index (χ0n) is 36.7.